The number of fused-ring (bicyclic) bond motifs is 3. The molecule has 0 amide bonds. The molecule has 7 heteroatoms. The second-order valence-electron chi connectivity index (χ2n) is 8.18. The molecule has 1 aromatic heterocycles. The van der Waals surface area contributed by atoms with Gasteiger partial charge in [0.05, 0.1) is 7.11 Å². The van der Waals surface area contributed by atoms with Crippen LogP contribution in [0.5, 0.6) is 5.75 Å². The van der Waals surface area contributed by atoms with Crippen molar-refractivity contribution in [1.29, 1.82) is 0 Å². The van der Waals surface area contributed by atoms with Crippen LogP contribution >= 0.6 is 0 Å². The molecule has 27 heavy (non-hydrogen) atoms. The van der Waals surface area contributed by atoms with Crippen LogP contribution in [0.2, 0.25) is 0 Å². The Morgan fingerprint density at radius 3 is 2.48 bits per heavy atom. The van der Waals surface area contributed by atoms with Crippen LogP contribution in [-0.4, -0.2) is 23.8 Å². The van der Waals surface area contributed by atoms with Gasteiger partial charge in [0.1, 0.15) is 5.75 Å². The fourth-order valence-corrected chi connectivity index (χ4v) is 4.50. The average molecular weight is 377 g/mol. The molecule has 5 rings (SSSR count). The molecule has 3 aliphatic carbocycles. The van der Waals surface area contributed by atoms with Crippen molar-refractivity contribution in [3.05, 3.63) is 36.0 Å². The Morgan fingerprint density at radius 1 is 1.19 bits per heavy atom. The smallest absolute Gasteiger partial charge is 0.322 e. The number of ether oxygens (including phenoxy) is 1. The highest BCUT2D eigenvalue weighted by Gasteiger charge is 2.52. The molecule has 0 spiro atoms. The van der Waals surface area contributed by atoms with E-state index < -0.39 is 11.8 Å². The fourth-order valence-electron chi connectivity index (χ4n) is 4.50. The van der Waals surface area contributed by atoms with Gasteiger partial charge in [0.25, 0.3) is 5.89 Å². The van der Waals surface area contributed by atoms with E-state index in [0.29, 0.717) is 5.82 Å². The standard InChI is InChI=1S/C20H25F2N3O2/c1-18(21,22)17-24-16(25-27-17)20-9-6-19(7-10-20,8-11-20)13-23-14-4-3-5-15(12-14)26-2/h3-5,12,23H,6-11,13H2,1-2H3. The van der Waals surface area contributed by atoms with Crippen LogP contribution in [0.3, 0.4) is 0 Å². The van der Waals surface area contributed by atoms with E-state index >= 15 is 0 Å². The van der Waals surface area contributed by atoms with E-state index in [-0.39, 0.29) is 10.8 Å². The second kappa shape index (κ2) is 6.46. The molecule has 1 heterocycles. The first-order chi connectivity index (χ1) is 12.8. The third-order valence-electron chi connectivity index (χ3n) is 6.41. The lowest BCUT2D eigenvalue weighted by Gasteiger charge is -2.52. The van der Waals surface area contributed by atoms with Gasteiger partial charge in [-0.2, -0.15) is 13.8 Å². The van der Waals surface area contributed by atoms with Crippen molar-refractivity contribution in [1.82, 2.24) is 10.1 Å². The Labute approximate surface area is 157 Å². The van der Waals surface area contributed by atoms with Gasteiger partial charge in [-0.15, -0.1) is 0 Å². The zero-order valence-electron chi connectivity index (χ0n) is 15.7. The molecule has 0 saturated heterocycles. The van der Waals surface area contributed by atoms with E-state index in [2.05, 4.69) is 15.5 Å². The first kappa shape index (κ1) is 18.2. The minimum Gasteiger partial charge on any atom is -0.497 e. The third-order valence-corrected chi connectivity index (χ3v) is 6.41. The van der Waals surface area contributed by atoms with Crippen LogP contribution in [0.4, 0.5) is 14.5 Å². The van der Waals surface area contributed by atoms with Gasteiger partial charge in [-0.25, -0.2) is 0 Å². The highest BCUT2D eigenvalue weighted by atomic mass is 19.3. The van der Waals surface area contributed by atoms with Gasteiger partial charge in [-0.3, -0.25) is 0 Å². The van der Waals surface area contributed by atoms with E-state index in [1.807, 2.05) is 24.3 Å². The van der Waals surface area contributed by atoms with Crippen LogP contribution < -0.4 is 10.1 Å². The number of anilines is 1. The highest BCUT2D eigenvalue weighted by Crippen LogP contribution is 2.57. The van der Waals surface area contributed by atoms with Gasteiger partial charge in [-0.05, 0) is 56.1 Å². The highest BCUT2D eigenvalue weighted by molar-refractivity contribution is 5.48. The van der Waals surface area contributed by atoms with E-state index in [1.54, 1.807) is 7.11 Å². The van der Waals surface area contributed by atoms with E-state index in [9.17, 15) is 8.78 Å². The number of hydrogen-bond acceptors (Lipinski definition) is 5. The molecule has 3 aliphatic rings. The molecule has 1 N–H and O–H groups in total. The lowest BCUT2D eigenvalue weighted by molar-refractivity contribution is -0.0158. The molecule has 2 aromatic rings. The summed E-state index contributed by atoms with van der Waals surface area (Å²) in [5.74, 6) is -2.36. The molecule has 0 unspecified atom stereocenters. The molecule has 0 atom stereocenters. The number of halogens is 2. The maximum atomic E-state index is 13.4. The molecule has 0 aliphatic heterocycles. The largest absolute Gasteiger partial charge is 0.497 e. The molecule has 1 aromatic carbocycles. The lowest BCUT2D eigenvalue weighted by Crippen LogP contribution is -2.47. The second-order valence-corrected chi connectivity index (χ2v) is 8.18. The number of aromatic nitrogens is 2. The average Bonchev–Trinajstić information content (AvgIpc) is 3.20. The number of nitrogens with one attached hydrogen (secondary N) is 1. The monoisotopic (exact) mass is 377 g/mol. The normalized spacial score (nSPS) is 27.6. The zero-order valence-corrected chi connectivity index (χ0v) is 15.7. The number of nitrogens with zero attached hydrogens (tertiary/aromatic N) is 2. The summed E-state index contributed by atoms with van der Waals surface area (Å²) < 4.78 is 37.0. The molecule has 146 valence electrons. The summed E-state index contributed by atoms with van der Waals surface area (Å²) in [6.07, 6.45) is 5.87. The zero-order chi connectivity index (χ0) is 19.1. The van der Waals surface area contributed by atoms with Gasteiger partial charge in [0, 0.05) is 30.6 Å². The lowest BCUT2D eigenvalue weighted by atomic mass is 9.53. The number of benzene rings is 1. The number of rotatable bonds is 6. The van der Waals surface area contributed by atoms with Crippen LogP contribution in [0, 0.1) is 5.41 Å². The van der Waals surface area contributed by atoms with Crippen molar-refractivity contribution >= 4 is 5.69 Å². The van der Waals surface area contributed by atoms with E-state index in [1.165, 1.54) is 0 Å². The summed E-state index contributed by atoms with van der Waals surface area (Å²) >= 11 is 0. The molecular formula is C20H25F2N3O2. The summed E-state index contributed by atoms with van der Waals surface area (Å²) in [6.45, 7) is 1.69. The summed E-state index contributed by atoms with van der Waals surface area (Å²) in [4.78, 5) is 4.05. The van der Waals surface area contributed by atoms with Crippen LogP contribution in [0.25, 0.3) is 0 Å². The van der Waals surface area contributed by atoms with Gasteiger partial charge < -0.3 is 14.6 Å². The van der Waals surface area contributed by atoms with Crippen LogP contribution in [0.15, 0.2) is 28.8 Å². The van der Waals surface area contributed by atoms with Crippen molar-refractivity contribution in [2.75, 3.05) is 19.0 Å². The number of methoxy groups -OCH3 is 1. The molecule has 5 nitrogen and oxygen atoms in total. The van der Waals surface area contributed by atoms with Gasteiger partial charge in [0.2, 0.25) is 0 Å². The summed E-state index contributed by atoms with van der Waals surface area (Å²) in [5, 5.41) is 7.47. The van der Waals surface area contributed by atoms with E-state index in [0.717, 1.165) is 63.4 Å². The fraction of sp³-hybridized carbons (Fsp3) is 0.600. The predicted molar refractivity (Wildman–Crippen MR) is 97.2 cm³/mol. The minimum atomic E-state index is -3.09. The van der Waals surface area contributed by atoms with Gasteiger partial charge in [-0.1, -0.05) is 11.2 Å². The molecule has 2 bridgehead atoms. The quantitative estimate of drug-likeness (QED) is 0.776. The molecule has 3 fully saturated rings. The summed E-state index contributed by atoms with van der Waals surface area (Å²) in [7, 11) is 1.66. The Morgan fingerprint density at radius 2 is 1.89 bits per heavy atom. The maximum Gasteiger partial charge on any atom is 0.322 e. The third kappa shape index (κ3) is 3.39. The van der Waals surface area contributed by atoms with Crippen molar-refractivity contribution < 1.29 is 18.0 Å². The Bertz CT molecular complexity index is 791. The van der Waals surface area contributed by atoms with Crippen molar-refractivity contribution in [3.63, 3.8) is 0 Å². The van der Waals surface area contributed by atoms with Crippen molar-refractivity contribution in [2.24, 2.45) is 5.41 Å². The summed E-state index contributed by atoms with van der Waals surface area (Å²) in [6, 6.07) is 7.94. The first-order valence-electron chi connectivity index (χ1n) is 9.45. The Balaban J connectivity index is 1.42. The summed E-state index contributed by atoms with van der Waals surface area (Å²) in [5.41, 5.74) is 1.09. The van der Waals surface area contributed by atoms with Crippen LogP contribution in [-0.2, 0) is 11.3 Å². The van der Waals surface area contributed by atoms with E-state index in [4.69, 9.17) is 9.26 Å². The van der Waals surface area contributed by atoms with Crippen molar-refractivity contribution in [3.8, 4) is 5.75 Å². The Kier molecular flexibility index (Phi) is 4.35. The predicted octanol–water partition coefficient (Wildman–Crippen LogP) is 4.89. The topological polar surface area (TPSA) is 60.2 Å². The SMILES string of the molecule is COc1cccc(NCC23CCC(c4noc(C(C)(F)F)n4)(CC2)CC3)c1. The van der Waals surface area contributed by atoms with Gasteiger partial charge >= 0.3 is 5.92 Å². The van der Waals surface area contributed by atoms with Gasteiger partial charge in [0.15, 0.2) is 5.82 Å². The molecule has 0 radical (unpaired) electrons. The number of hydrogen-bond donors (Lipinski definition) is 1. The minimum absolute atomic E-state index is 0.204. The maximum absolute atomic E-state index is 13.4. The van der Waals surface area contributed by atoms with Crippen LogP contribution in [0.1, 0.15) is 57.2 Å². The molecular weight excluding hydrogens is 352 g/mol. The molecule has 3 saturated carbocycles. The van der Waals surface area contributed by atoms with Crippen molar-refractivity contribution in [2.45, 2.75) is 56.8 Å². The Hall–Kier alpha value is -2.18. The number of alkyl halides is 2. The first-order valence-corrected chi connectivity index (χ1v) is 9.45.